The number of carbonyl (C=O) groups is 1. The third-order valence-electron chi connectivity index (χ3n) is 3.70. The van der Waals surface area contributed by atoms with Crippen molar-refractivity contribution in [1.82, 2.24) is 4.98 Å². The van der Waals surface area contributed by atoms with Gasteiger partial charge in [-0.3, -0.25) is 4.79 Å². The molecule has 0 radical (unpaired) electrons. The van der Waals surface area contributed by atoms with Crippen molar-refractivity contribution in [3.63, 3.8) is 0 Å². The van der Waals surface area contributed by atoms with Gasteiger partial charge in [0.25, 0.3) is 5.91 Å². The van der Waals surface area contributed by atoms with E-state index in [1.165, 1.54) is 16.3 Å². The molecule has 2 aromatic carbocycles. The molecular weight excluding hydrogens is 342 g/mol. The molecule has 0 spiro atoms. The number of halogens is 1. The van der Waals surface area contributed by atoms with Crippen molar-refractivity contribution in [2.45, 2.75) is 6.42 Å². The topological polar surface area (TPSA) is 45.6 Å². The van der Waals surface area contributed by atoms with Crippen LogP contribution in [0.5, 0.6) is 0 Å². The fraction of sp³-hybridized carbons (Fsp3) is 0.0556. The van der Waals surface area contributed by atoms with Crippen LogP contribution in [0.25, 0.3) is 11.3 Å². The molecule has 1 aliphatic heterocycles. The summed E-state index contributed by atoms with van der Waals surface area (Å²) in [7, 11) is 0. The number of hydrogen-bond donors (Lipinski definition) is 0. The molecule has 6 heteroatoms. The smallest absolute Gasteiger partial charge is 0.255 e. The first-order valence-electron chi connectivity index (χ1n) is 7.38. The van der Waals surface area contributed by atoms with E-state index in [2.05, 4.69) is 10.1 Å². The summed E-state index contributed by atoms with van der Waals surface area (Å²) in [4.78, 5) is 16.9. The number of benzene rings is 2. The minimum Gasteiger partial charge on any atom is -0.272 e. The molecule has 4 nitrogen and oxygen atoms in total. The first-order valence-corrected chi connectivity index (χ1v) is 8.64. The van der Waals surface area contributed by atoms with E-state index < -0.39 is 0 Å². The van der Waals surface area contributed by atoms with Gasteiger partial charge in [-0.25, -0.2) is 4.98 Å². The summed E-state index contributed by atoms with van der Waals surface area (Å²) in [6.07, 6.45) is 0.292. The molecule has 0 saturated carbocycles. The lowest BCUT2D eigenvalue weighted by atomic mass is 10.1. The Morgan fingerprint density at radius 2 is 1.75 bits per heavy atom. The van der Waals surface area contributed by atoms with Gasteiger partial charge in [-0.1, -0.05) is 54.1 Å². The lowest BCUT2D eigenvalue weighted by Crippen LogP contribution is -2.19. The second-order valence-corrected chi connectivity index (χ2v) is 6.59. The second-order valence-electron chi connectivity index (χ2n) is 5.32. The summed E-state index contributed by atoms with van der Waals surface area (Å²) in [5.41, 5.74) is 3.50. The van der Waals surface area contributed by atoms with Gasteiger partial charge in [0.2, 0.25) is 5.13 Å². The van der Waals surface area contributed by atoms with Crippen molar-refractivity contribution in [1.29, 1.82) is 0 Å². The number of aromatic nitrogens is 1. The molecule has 0 atom stereocenters. The summed E-state index contributed by atoms with van der Waals surface area (Å²) in [5, 5.41) is 9.03. The van der Waals surface area contributed by atoms with Crippen LogP contribution < -0.4 is 5.01 Å². The van der Waals surface area contributed by atoms with Crippen LogP contribution in [-0.2, 0) is 4.79 Å². The lowest BCUT2D eigenvalue weighted by Gasteiger charge is -2.06. The average molecular weight is 354 g/mol. The highest BCUT2D eigenvalue weighted by molar-refractivity contribution is 7.14. The molecule has 1 aromatic heterocycles. The van der Waals surface area contributed by atoms with Gasteiger partial charge in [-0.2, -0.15) is 10.1 Å². The van der Waals surface area contributed by atoms with Gasteiger partial charge in [0.1, 0.15) is 0 Å². The number of rotatable bonds is 3. The van der Waals surface area contributed by atoms with Gasteiger partial charge in [-0.05, 0) is 17.7 Å². The van der Waals surface area contributed by atoms with Crippen molar-refractivity contribution >= 4 is 39.7 Å². The van der Waals surface area contributed by atoms with E-state index >= 15 is 0 Å². The van der Waals surface area contributed by atoms with Crippen molar-refractivity contribution in [3.05, 3.63) is 70.6 Å². The van der Waals surface area contributed by atoms with Crippen molar-refractivity contribution in [3.8, 4) is 11.3 Å². The maximum atomic E-state index is 12.3. The molecule has 0 bridgehead atoms. The monoisotopic (exact) mass is 353 g/mol. The Hall–Kier alpha value is -2.50. The third kappa shape index (κ3) is 2.84. The van der Waals surface area contributed by atoms with Gasteiger partial charge in [-0.15, -0.1) is 11.3 Å². The molecule has 1 amide bonds. The lowest BCUT2D eigenvalue weighted by molar-refractivity contribution is -0.116. The largest absolute Gasteiger partial charge is 0.272 e. The van der Waals surface area contributed by atoms with E-state index in [0.717, 1.165) is 22.5 Å². The van der Waals surface area contributed by atoms with Crippen molar-refractivity contribution in [2.24, 2.45) is 5.10 Å². The highest BCUT2D eigenvalue weighted by Gasteiger charge is 2.28. The van der Waals surface area contributed by atoms with E-state index in [1.54, 1.807) is 0 Å². The van der Waals surface area contributed by atoms with Crippen LogP contribution in [0.1, 0.15) is 12.0 Å². The number of hydrazone groups is 1. The normalized spacial score (nSPS) is 14.1. The number of nitrogens with zero attached hydrogens (tertiary/aromatic N) is 3. The number of amides is 1. The van der Waals surface area contributed by atoms with Crippen LogP contribution >= 0.6 is 22.9 Å². The summed E-state index contributed by atoms with van der Waals surface area (Å²) in [5.74, 6) is -0.0640. The zero-order valence-corrected chi connectivity index (χ0v) is 14.1. The first kappa shape index (κ1) is 15.1. The zero-order chi connectivity index (χ0) is 16.5. The maximum Gasteiger partial charge on any atom is 0.255 e. The predicted octanol–water partition coefficient (Wildman–Crippen LogP) is 4.60. The van der Waals surface area contributed by atoms with Crippen LogP contribution in [0.15, 0.2) is 65.1 Å². The second kappa shape index (κ2) is 6.19. The van der Waals surface area contributed by atoms with Crippen LogP contribution in [0.2, 0.25) is 5.02 Å². The van der Waals surface area contributed by atoms with Crippen molar-refractivity contribution in [2.75, 3.05) is 5.01 Å². The van der Waals surface area contributed by atoms with Crippen LogP contribution in [-0.4, -0.2) is 16.6 Å². The average Bonchev–Trinajstić information content (AvgIpc) is 3.23. The van der Waals surface area contributed by atoms with Gasteiger partial charge in [0.15, 0.2) is 0 Å². The zero-order valence-electron chi connectivity index (χ0n) is 12.5. The molecule has 1 aliphatic rings. The van der Waals surface area contributed by atoms with E-state index in [0.29, 0.717) is 16.6 Å². The van der Waals surface area contributed by atoms with Crippen molar-refractivity contribution < 1.29 is 4.79 Å². The van der Waals surface area contributed by atoms with E-state index in [-0.39, 0.29) is 5.91 Å². The van der Waals surface area contributed by atoms with Gasteiger partial charge >= 0.3 is 0 Å². The molecular formula is C18H12ClN3OS. The minimum absolute atomic E-state index is 0.0640. The highest BCUT2D eigenvalue weighted by Crippen LogP contribution is 2.31. The summed E-state index contributed by atoms with van der Waals surface area (Å²) in [6.45, 7) is 0. The Kier molecular flexibility index (Phi) is 3.88. The Bertz CT molecular complexity index is 919. The standard InChI is InChI=1S/C18H12ClN3OS/c19-14-8-6-13(7-9-14)16-11-24-18(20-16)22-17(23)10-15(21-22)12-4-2-1-3-5-12/h1-9,11H,10H2. The summed E-state index contributed by atoms with van der Waals surface area (Å²) >= 11 is 7.31. The minimum atomic E-state index is -0.0640. The van der Waals surface area contributed by atoms with Crippen LogP contribution in [0.3, 0.4) is 0 Å². The maximum absolute atomic E-state index is 12.3. The Morgan fingerprint density at radius 3 is 2.50 bits per heavy atom. The molecule has 3 aromatic rings. The van der Waals surface area contributed by atoms with Gasteiger partial charge < -0.3 is 0 Å². The van der Waals surface area contributed by atoms with E-state index in [9.17, 15) is 4.79 Å². The SMILES string of the molecule is O=C1CC(c2ccccc2)=NN1c1nc(-c2ccc(Cl)cc2)cs1. The Morgan fingerprint density at radius 1 is 1.00 bits per heavy atom. The summed E-state index contributed by atoms with van der Waals surface area (Å²) < 4.78 is 0. The summed E-state index contributed by atoms with van der Waals surface area (Å²) in [6, 6.07) is 17.2. The molecule has 4 rings (SSSR count). The number of anilines is 1. The fourth-order valence-corrected chi connectivity index (χ4v) is 3.41. The van der Waals surface area contributed by atoms with E-state index in [1.807, 2.05) is 60.0 Å². The Balaban J connectivity index is 1.63. The van der Waals surface area contributed by atoms with Crippen LogP contribution in [0.4, 0.5) is 5.13 Å². The molecule has 0 aliphatic carbocycles. The molecule has 2 heterocycles. The number of hydrogen-bond acceptors (Lipinski definition) is 4. The highest BCUT2D eigenvalue weighted by atomic mass is 35.5. The van der Waals surface area contributed by atoms with Gasteiger partial charge in [0, 0.05) is 16.0 Å². The van der Waals surface area contributed by atoms with Crippen LogP contribution in [0, 0.1) is 0 Å². The number of carbonyl (C=O) groups excluding carboxylic acids is 1. The van der Waals surface area contributed by atoms with Gasteiger partial charge in [0.05, 0.1) is 17.8 Å². The molecule has 0 unspecified atom stereocenters. The van der Waals surface area contributed by atoms with E-state index in [4.69, 9.17) is 11.6 Å². The molecule has 0 saturated heterocycles. The predicted molar refractivity (Wildman–Crippen MR) is 97.6 cm³/mol. The number of thiazole rings is 1. The molecule has 0 N–H and O–H groups in total. The molecule has 118 valence electrons. The first-order chi connectivity index (χ1) is 11.7. The quantitative estimate of drug-likeness (QED) is 0.690. The fourth-order valence-electron chi connectivity index (χ4n) is 2.48. The molecule has 0 fully saturated rings. The third-order valence-corrected chi connectivity index (χ3v) is 4.76. The molecule has 24 heavy (non-hydrogen) atoms. The Labute approximate surface area is 148 Å².